The molecule has 2 rings (SSSR count). The summed E-state index contributed by atoms with van der Waals surface area (Å²) in [7, 11) is 0. The number of carbonyl (C=O) groups excluding carboxylic acids is 1. The standard InChI is InChI=1S/C9H14O2/c1-6(10)11-9-5-7-2-3-8(9)4-7/h7-9H,2-5H2,1H3/t7-,8-,9-/m0/s1. The van der Waals surface area contributed by atoms with Crippen molar-refractivity contribution in [2.75, 3.05) is 0 Å². The lowest BCUT2D eigenvalue weighted by atomic mass is 9.98. The van der Waals surface area contributed by atoms with Gasteiger partial charge in [-0.1, -0.05) is 0 Å². The van der Waals surface area contributed by atoms with Crippen LogP contribution in [0.4, 0.5) is 0 Å². The van der Waals surface area contributed by atoms with Crippen molar-refractivity contribution in [3.05, 3.63) is 0 Å². The van der Waals surface area contributed by atoms with Crippen LogP contribution < -0.4 is 0 Å². The van der Waals surface area contributed by atoms with Crippen molar-refractivity contribution < 1.29 is 9.53 Å². The molecule has 0 spiro atoms. The van der Waals surface area contributed by atoms with E-state index in [9.17, 15) is 4.79 Å². The molecular weight excluding hydrogens is 140 g/mol. The predicted octanol–water partition coefficient (Wildman–Crippen LogP) is 1.74. The van der Waals surface area contributed by atoms with Crippen LogP contribution in [0.15, 0.2) is 0 Å². The van der Waals surface area contributed by atoms with Gasteiger partial charge in [0.1, 0.15) is 6.10 Å². The molecule has 0 aromatic heterocycles. The monoisotopic (exact) mass is 154 g/mol. The summed E-state index contributed by atoms with van der Waals surface area (Å²) >= 11 is 0. The Morgan fingerprint density at radius 3 is 2.64 bits per heavy atom. The van der Waals surface area contributed by atoms with Gasteiger partial charge >= 0.3 is 5.97 Å². The first kappa shape index (κ1) is 7.14. The van der Waals surface area contributed by atoms with Gasteiger partial charge in [-0.2, -0.15) is 0 Å². The average Bonchev–Trinajstić information content (AvgIpc) is 2.45. The molecule has 0 unspecified atom stereocenters. The Morgan fingerprint density at radius 1 is 1.36 bits per heavy atom. The molecule has 0 aromatic carbocycles. The van der Waals surface area contributed by atoms with Crippen molar-refractivity contribution in [3.63, 3.8) is 0 Å². The fraction of sp³-hybridized carbons (Fsp3) is 0.889. The van der Waals surface area contributed by atoms with Gasteiger partial charge in [-0.3, -0.25) is 4.79 Å². The summed E-state index contributed by atoms with van der Waals surface area (Å²) < 4.78 is 5.21. The highest BCUT2D eigenvalue weighted by Crippen LogP contribution is 2.45. The Kier molecular flexibility index (Phi) is 1.63. The number of hydrogen-bond donors (Lipinski definition) is 0. The number of esters is 1. The highest BCUT2D eigenvalue weighted by atomic mass is 16.5. The Morgan fingerprint density at radius 2 is 2.18 bits per heavy atom. The molecule has 2 heteroatoms. The quantitative estimate of drug-likeness (QED) is 0.538. The zero-order chi connectivity index (χ0) is 7.84. The molecule has 0 saturated heterocycles. The molecule has 2 aliphatic carbocycles. The van der Waals surface area contributed by atoms with Crippen LogP contribution in [-0.4, -0.2) is 12.1 Å². The van der Waals surface area contributed by atoms with Gasteiger partial charge in [-0.05, 0) is 37.5 Å². The van der Waals surface area contributed by atoms with Crippen molar-refractivity contribution >= 4 is 5.97 Å². The minimum atomic E-state index is -0.109. The Hall–Kier alpha value is -0.530. The summed E-state index contributed by atoms with van der Waals surface area (Å²) in [6, 6.07) is 0. The van der Waals surface area contributed by atoms with Crippen LogP contribution >= 0.6 is 0 Å². The normalized spacial score (nSPS) is 41.0. The van der Waals surface area contributed by atoms with E-state index in [0.29, 0.717) is 5.92 Å². The number of carbonyl (C=O) groups is 1. The molecule has 0 amide bonds. The topological polar surface area (TPSA) is 26.3 Å². The lowest BCUT2D eigenvalue weighted by molar-refractivity contribution is -0.148. The SMILES string of the molecule is CC(=O)O[C@H]1C[C@H]2CC[C@H]1C2. The lowest BCUT2D eigenvalue weighted by Crippen LogP contribution is -2.22. The third-order valence-electron chi connectivity index (χ3n) is 2.99. The second kappa shape index (κ2) is 2.50. The minimum absolute atomic E-state index is 0.109. The van der Waals surface area contributed by atoms with Gasteiger partial charge in [-0.15, -0.1) is 0 Å². The summed E-state index contributed by atoms with van der Waals surface area (Å²) in [5.74, 6) is 1.45. The number of fused-ring (bicyclic) bond motifs is 2. The zero-order valence-electron chi connectivity index (χ0n) is 6.88. The maximum absolute atomic E-state index is 10.7. The van der Waals surface area contributed by atoms with Gasteiger partial charge in [0, 0.05) is 6.92 Å². The second-order valence-electron chi connectivity index (χ2n) is 3.82. The van der Waals surface area contributed by atoms with Gasteiger partial charge in [0.2, 0.25) is 0 Å². The third-order valence-corrected chi connectivity index (χ3v) is 2.99. The van der Waals surface area contributed by atoms with E-state index in [2.05, 4.69) is 0 Å². The van der Waals surface area contributed by atoms with Gasteiger partial charge in [-0.25, -0.2) is 0 Å². The fourth-order valence-corrected chi connectivity index (χ4v) is 2.54. The van der Waals surface area contributed by atoms with E-state index in [-0.39, 0.29) is 12.1 Å². The maximum atomic E-state index is 10.7. The van der Waals surface area contributed by atoms with Crippen LogP contribution in [0.1, 0.15) is 32.6 Å². The van der Waals surface area contributed by atoms with Gasteiger partial charge < -0.3 is 4.74 Å². The van der Waals surface area contributed by atoms with Crippen molar-refractivity contribution in [1.29, 1.82) is 0 Å². The van der Waals surface area contributed by atoms with Crippen molar-refractivity contribution in [3.8, 4) is 0 Å². The Bertz CT molecular complexity index is 176. The summed E-state index contributed by atoms with van der Waals surface area (Å²) in [4.78, 5) is 10.7. The molecule has 2 fully saturated rings. The molecule has 2 aliphatic rings. The summed E-state index contributed by atoms with van der Waals surface area (Å²) in [6.07, 6.45) is 5.35. The number of ether oxygens (including phenoxy) is 1. The summed E-state index contributed by atoms with van der Waals surface area (Å²) in [5, 5.41) is 0. The molecule has 0 aromatic rings. The van der Waals surface area contributed by atoms with Crippen LogP contribution in [-0.2, 0) is 9.53 Å². The lowest BCUT2D eigenvalue weighted by Gasteiger charge is -2.20. The van der Waals surface area contributed by atoms with E-state index in [1.165, 1.54) is 26.2 Å². The first-order valence-electron chi connectivity index (χ1n) is 4.43. The highest BCUT2D eigenvalue weighted by Gasteiger charge is 2.41. The van der Waals surface area contributed by atoms with Crippen LogP contribution in [0.25, 0.3) is 0 Å². The summed E-state index contributed by atoms with van der Waals surface area (Å²) in [5.41, 5.74) is 0. The van der Waals surface area contributed by atoms with E-state index in [1.54, 1.807) is 0 Å². The highest BCUT2D eigenvalue weighted by molar-refractivity contribution is 5.66. The minimum Gasteiger partial charge on any atom is -0.462 e. The molecule has 0 N–H and O–H groups in total. The van der Waals surface area contributed by atoms with Crippen LogP contribution in [0.5, 0.6) is 0 Å². The second-order valence-corrected chi connectivity index (χ2v) is 3.82. The molecule has 62 valence electrons. The van der Waals surface area contributed by atoms with Crippen molar-refractivity contribution in [1.82, 2.24) is 0 Å². The van der Waals surface area contributed by atoms with Gasteiger partial charge in [0.25, 0.3) is 0 Å². The largest absolute Gasteiger partial charge is 0.462 e. The molecule has 3 atom stereocenters. The molecule has 11 heavy (non-hydrogen) atoms. The number of rotatable bonds is 1. The van der Waals surface area contributed by atoms with Crippen LogP contribution in [0, 0.1) is 11.8 Å². The van der Waals surface area contributed by atoms with E-state index >= 15 is 0 Å². The Balaban J connectivity index is 1.92. The Labute approximate surface area is 66.9 Å². The van der Waals surface area contributed by atoms with Gasteiger partial charge in [0.15, 0.2) is 0 Å². The fourth-order valence-electron chi connectivity index (χ4n) is 2.54. The first-order valence-corrected chi connectivity index (χ1v) is 4.43. The van der Waals surface area contributed by atoms with Crippen molar-refractivity contribution in [2.24, 2.45) is 11.8 Å². The molecule has 2 saturated carbocycles. The van der Waals surface area contributed by atoms with Crippen LogP contribution in [0.3, 0.4) is 0 Å². The zero-order valence-corrected chi connectivity index (χ0v) is 6.88. The van der Waals surface area contributed by atoms with Crippen LogP contribution in [0.2, 0.25) is 0 Å². The molecular formula is C9H14O2. The predicted molar refractivity (Wildman–Crippen MR) is 41.0 cm³/mol. The van der Waals surface area contributed by atoms with E-state index in [1.807, 2.05) is 0 Å². The third kappa shape index (κ3) is 1.26. The smallest absolute Gasteiger partial charge is 0.302 e. The molecule has 0 heterocycles. The van der Waals surface area contributed by atoms with E-state index in [4.69, 9.17) is 4.74 Å². The summed E-state index contributed by atoms with van der Waals surface area (Å²) in [6.45, 7) is 1.51. The molecule has 2 nitrogen and oxygen atoms in total. The maximum Gasteiger partial charge on any atom is 0.302 e. The molecule has 0 radical (unpaired) electrons. The molecule has 2 bridgehead atoms. The number of hydrogen-bond acceptors (Lipinski definition) is 2. The van der Waals surface area contributed by atoms with Gasteiger partial charge in [0.05, 0.1) is 0 Å². The molecule has 0 aliphatic heterocycles. The van der Waals surface area contributed by atoms with E-state index < -0.39 is 0 Å². The van der Waals surface area contributed by atoms with Crippen molar-refractivity contribution in [2.45, 2.75) is 38.7 Å². The van der Waals surface area contributed by atoms with E-state index in [0.717, 1.165) is 12.3 Å². The average molecular weight is 154 g/mol. The first-order chi connectivity index (χ1) is 5.25.